The quantitative estimate of drug-likeness (QED) is 0.675. The highest BCUT2D eigenvalue weighted by atomic mass is 16.2. The summed E-state index contributed by atoms with van der Waals surface area (Å²) in [6.45, 7) is 2.55. The van der Waals surface area contributed by atoms with Gasteiger partial charge in [0.15, 0.2) is 5.78 Å². The van der Waals surface area contributed by atoms with Crippen molar-refractivity contribution in [2.45, 2.75) is 26.2 Å². The number of aromatic nitrogens is 2. The van der Waals surface area contributed by atoms with Crippen LogP contribution in [0.5, 0.6) is 0 Å². The zero-order chi connectivity index (χ0) is 17.6. The molecule has 0 fully saturated rings. The number of carbonyl (C=O) groups excluding carboxylic acids is 2. The van der Waals surface area contributed by atoms with Gasteiger partial charge in [-0.15, -0.1) is 0 Å². The summed E-state index contributed by atoms with van der Waals surface area (Å²) in [6.07, 6.45) is 5.05. The maximum atomic E-state index is 12.0. The van der Waals surface area contributed by atoms with Gasteiger partial charge in [0.1, 0.15) is 5.65 Å². The van der Waals surface area contributed by atoms with Crippen LogP contribution in [-0.4, -0.2) is 27.6 Å². The van der Waals surface area contributed by atoms with Crippen LogP contribution in [0.3, 0.4) is 0 Å². The van der Waals surface area contributed by atoms with Crippen LogP contribution in [0, 0.1) is 6.92 Å². The van der Waals surface area contributed by atoms with Gasteiger partial charge in [-0.05, 0) is 24.6 Å². The van der Waals surface area contributed by atoms with Gasteiger partial charge in [-0.2, -0.15) is 0 Å². The molecule has 0 unspecified atom stereocenters. The number of aryl methyl sites for hydroxylation is 1. The summed E-state index contributed by atoms with van der Waals surface area (Å²) >= 11 is 0. The molecule has 0 spiro atoms. The summed E-state index contributed by atoms with van der Waals surface area (Å²) in [5, 5.41) is 2.85. The normalized spacial score (nSPS) is 10.8. The minimum atomic E-state index is -0.108. The molecule has 0 aliphatic rings. The standard InChI is InChI=1S/C20H21N3O2/c1-15-10-12-23-14-17(22-19(23)13-15)9-11-21-20(25)8-7-18(24)16-5-3-2-4-6-16/h2-6,10,12-14H,7-9,11H2,1H3,(H,21,25). The first-order valence-electron chi connectivity index (χ1n) is 8.41. The molecule has 3 aromatic rings. The fourth-order valence-electron chi connectivity index (χ4n) is 2.67. The molecule has 128 valence electrons. The number of carbonyl (C=O) groups is 2. The summed E-state index contributed by atoms with van der Waals surface area (Å²) in [6, 6.07) is 13.1. The molecule has 0 saturated carbocycles. The SMILES string of the molecule is Cc1ccn2cc(CCNC(=O)CCC(=O)c3ccccc3)nc2c1. The largest absolute Gasteiger partial charge is 0.356 e. The molecular formula is C20H21N3O2. The number of Topliss-reactive ketones (excluding diaryl/α,β-unsaturated/α-hetero) is 1. The molecule has 2 heterocycles. The third-order valence-electron chi connectivity index (χ3n) is 4.04. The Balaban J connectivity index is 1.43. The highest BCUT2D eigenvalue weighted by Gasteiger charge is 2.09. The van der Waals surface area contributed by atoms with E-state index in [2.05, 4.69) is 10.3 Å². The van der Waals surface area contributed by atoms with Crippen LogP contribution in [0.15, 0.2) is 54.9 Å². The van der Waals surface area contributed by atoms with E-state index in [0.29, 0.717) is 18.5 Å². The van der Waals surface area contributed by atoms with E-state index in [1.165, 1.54) is 5.56 Å². The number of rotatable bonds is 7. The third-order valence-corrected chi connectivity index (χ3v) is 4.04. The topological polar surface area (TPSA) is 63.5 Å². The molecule has 0 bridgehead atoms. The van der Waals surface area contributed by atoms with Crippen molar-refractivity contribution in [3.63, 3.8) is 0 Å². The summed E-state index contributed by atoms with van der Waals surface area (Å²) in [5.74, 6) is -0.115. The lowest BCUT2D eigenvalue weighted by Crippen LogP contribution is -2.26. The highest BCUT2D eigenvalue weighted by Crippen LogP contribution is 2.08. The smallest absolute Gasteiger partial charge is 0.220 e. The van der Waals surface area contributed by atoms with E-state index >= 15 is 0 Å². The van der Waals surface area contributed by atoms with Crippen LogP contribution in [0.1, 0.15) is 34.5 Å². The zero-order valence-corrected chi connectivity index (χ0v) is 14.2. The third kappa shape index (κ3) is 4.53. The van der Waals surface area contributed by atoms with E-state index in [1.54, 1.807) is 12.1 Å². The van der Waals surface area contributed by atoms with E-state index in [4.69, 9.17) is 0 Å². The first-order valence-corrected chi connectivity index (χ1v) is 8.41. The molecule has 1 aromatic carbocycles. The second-order valence-electron chi connectivity index (χ2n) is 6.09. The predicted octanol–water partition coefficient (Wildman–Crippen LogP) is 2.96. The van der Waals surface area contributed by atoms with Crippen LogP contribution in [0.4, 0.5) is 0 Å². The van der Waals surface area contributed by atoms with Crippen LogP contribution >= 0.6 is 0 Å². The molecule has 0 atom stereocenters. The summed E-state index contributed by atoms with van der Waals surface area (Å²) in [4.78, 5) is 28.4. The first-order chi connectivity index (χ1) is 12.1. The summed E-state index contributed by atoms with van der Waals surface area (Å²) in [5.41, 5.74) is 3.66. The van der Waals surface area contributed by atoms with E-state index in [-0.39, 0.29) is 24.5 Å². The van der Waals surface area contributed by atoms with Gasteiger partial charge in [0, 0.05) is 43.8 Å². The molecular weight excluding hydrogens is 314 g/mol. The van der Waals surface area contributed by atoms with Crippen molar-refractivity contribution in [3.8, 4) is 0 Å². The van der Waals surface area contributed by atoms with Gasteiger partial charge in [0.05, 0.1) is 5.69 Å². The number of hydrogen-bond acceptors (Lipinski definition) is 3. The Hall–Kier alpha value is -2.95. The number of ketones is 1. The van der Waals surface area contributed by atoms with E-state index in [0.717, 1.165) is 11.3 Å². The highest BCUT2D eigenvalue weighted by molar-refractivity contribution is 5.97. The molecule has 0 aliphatic carbocycles. The zero-order valence-electron chi connectivity index (χ0n) is 14.2. The van der Waals surface area contributed by atoms with Crippen molar-refractivity contribution in [2.24, 2.45) is 0 Å². The molecule has 0 radical (unpaired) electrons. The van der Waals surface area contributed by atoms with E-state index in [1.807, 2.05) is 54.0 Å². The molecule has 0 saturated heterocycles. The fraction of sp³-hybridized carbons (Fsp3) is 0.250. The maximum Gasteiger partial charge on any atom is 0.220 e. The molecule has 0 aliphatic heterocycles. The van der Waals surface area contributed by atoms with Crippen molar-refractivity contribution in [1.82, 2.24) is 14.7 Å². The Bertz CT molecular complexity index is 884. The number of nitrogens with zero attached hydrogens (tertiary/aromatic N) is 2. The Morgan fingerprint density at radius 1 is 1.12 bits per heavy atom. The van der Waals surface area contributed by atoms with Crippen molar-refractivity contribution < 1.29 is 9.59 Å². The van der Waals surface area contributed by atoms with Crippen molar-refractivity contribution >= 4 is 17.3 Å². The molecule has 1 N–H and O–H groups in total. The van der Waals surface area contributed by atoms with Crippen LogP contribution < -0.4 is 5.32 Å². The second-order valence-corrected chi connectivity index (χ2v) is 6.09. The van der Waals surface area contributed by atoms with Crippen LogP contribution in [0.25, 0.3) is 5.65 Å². The lowest BCUT2D eigenvalue weighted by molar-refractivity contribution is -0.121. The predicted molar refractivity (Wildman–Crippen MR) is 96.6 cm³/mol. The number of hydrogen-bond donors (Lipinski definition) is 1. The van der Waals surface area contributed by atoms with Gasteiger partial charge < -0.3 is 9.72 Å². The lowest BCUT2D eigenvalue weighted by atomic mass is 10.1. The first kappa shape index (κ1) is 16.9. The Morgan fingerprint density at radius 2 is 1.92 bits per heavy atom. The lowest BCUT2D eigenvalue weighted by Gasteiger charge is -2.04. The number of imidazole rings is 1. The average Bonchev–Trinajstić information content (AvgIpc) is 3.02. The molecule has 5 heteroatoms. The van der Waals surface area contributed by atoms with Crippen LogP contribution in [-0.2, 0) is 11.2 Å². The van der Waals surface area contributed by atoms with Crippen molar-refractivity contribution in [2.75, 3.05) is 6.54 Å². The van der Waals surface area contributed by atoms with Gasteiger partial charge in [-0.25, -0.2) is 4.98 Å². The fourth-order valence-corrected chi connectivity index (χ4v) is 2.67. The number of fused-ring (bicyclic) bond motifs is 1. The van der Waals surface area contributed by atoms with E-state index < -0.39 is 0 Å². The number of benzene rings is 1. The number of nitrogens with one attached hydrogen (secondary N) is 1. The maximum absolute atomic E-state index is 12.0. The summed E-state index contributed by atoms with van der Waals surface area (Å²) in [7, 11) is 0. The monoisotopic (exact) mass is 335 g/mol. The average molecular weight is 335 g/mol. The molecule has 2 aromatic heterocycles. The minimum Gasteiger partial charge on any atom is -0.356 e. The Morgan fingerprint density at radius 3 is 2.72 bits per heavy atom. The van der Waals surface area contributed by atoms with Crippen LogP contribution in [0.2, 0.25) is 0 Å². The van der Waals surface area contributed by atoms with Gasteiger partial charge in [-0.1, -0.05) is 30.3 Å². The van der Waals surface area contributed by atoms with E-state index in [9.17, 15) is 9.59 Å². The molecule has 1 amide bonds. The van der Waals surface area contributed by atoms with Gasteiger partial charge in [-0.3, -0.25) is 9.59 Å². The van der Waals surface area contributed by atoms with Gasteiger partial charge >= 0.3 is 0 Å². The Kier molecular flexibility index (Phi) is 5.23. The molecule has 25 heavy (non-hydrogen) atoms. The number of pyridine rings is 1. The number of amides is 1. The van der Waals surface area contributed by atoms with Crippen molar-refractivity contribution in [1.29, 1.82) is 0 Å². The van der Waals surface area contributed by atoms with Gasteiger partial charge in [0.2, 0.25) is 5.91 Å². The minimum absolute atomic E-state index is 0.00790. The summed E-state index contributed by atoms with van der Waals surface area (Å²) < 4.78 is 1.97. The Labute approximate surface area is 146 Å². The van der Waals surface area contributed by atoms with Crippen molar-refractivity contribution in [3.05, 3.63) is 71.7 Å². The van der Waals surface area contributed by atoms with Gasteiger partial charge in [0.25, 0.3) is 0 Å². The molecule has 3 rings (SSSR count). The second kappa shape index (κ2) is 7.75. The molecule has 5 nitrogen and oxygen atoms in total.